The van der Waals surface area contributed by atoms with E-state index in [0.717, 1.165) is 6.42 Å². The molecule has 0 saturated carbocycles. The quantitative estimate of drug-likeness (QED) is 0.657. The predicted octanol–water partition coefficient (Wildman–Crippen LogP) is 3.03. The SMILES string of the molecule is CCCOC(=O)CCCC(=O)OCCc1ccccc1F. The molecule has 0 N–H and O–H groups in total. The van der Waals surface area contributed by atoms with Crippen LogP contribution in [-0.4, -0.2) is 25.2 Å². The fourth-order valence-electron chi connectivity index (χ4n) is 1.71. The number of carbonyl (C=O) groups is 2. The molecular weight excluding hydrogens is 275 g/mol. The second kappa shape index (κ2) is 9.91. The normalized spacial score (nSPS) is 10.2. The summed E-state index contributed by atoms with van der Waals surface area (Å²) in [4.78, 5) is 22.6. The van der Waals surface area contributed by atoms with E-state index in [9.17, 15) is 14.0 Å². The lowest BCUT2D eigenvalue weighted by atomic mass is 10.1. The van der Waals surface area contributed by atoms with E-state index in [1.807, 2.05) is 6.92 Å². The topological polar surface area (TPSA) is 52.6 Å². The summed E-state index contributed by atoms with van der Waals surface area (Å²) < 4.78 is 23.2. The first-order chi connectivity index (χ1) is 10.1. The van der Waals surface area contributed by atoms with Crippen molar-refractivity contribution in [2.75, 3.05) is 13.2 Å². The van der Waals surface area contributed by atoms with E-state index in [2.05, 4.69) is 0 Å². The Balaban J connectivity index is 2.12. The van der Waals surface area contributed by atoms with Crippen LogP contribution in [-0.2, 0) is 25.5 Å². The molecule has 0 aliphatic rings. The second-order valence-corrected chi connectivity index (χ2v) is 4.64. The molecule has 0 atom stereocenters. The van der Waals surface area contributed by atoms with Crippen LogP contribution in [0.15, 0.2) is 24.3 Å². The number of hydrogen-bond donors (Lipinski definition) is 0. The third-order valence-electron chi connectivity index (χ3n) is 2.82. The molecule has 0 radical (unpaired) electrons. The third-order valence-corrected chi connectivity index (χ3v) is 2.82. The van der Waals surface area contributed by atoms with Crippen LogP contribution < -0.4 is 0 Å². The van der Waals surface area contributed by atoms with Crippen LogP contribution in [0.5, 0.6) is 0 Å². The van der Waals surface area contributed by atoms with Crippen LogP contribution in [0.25, 0.3) is 0 Å². The van der Waals surface area contributed by atoms with Crippen molar-refractivity contribution in [1.29, 1.82) is 0 Å². The summed E-state index contributed by atoms with van der Waals surface area (Å²) in [5.41, 5.74) is 0.522. The van der Waals surface area contributed by atoms with Crippen molar-refractivity contribution in [1.82, 2.24) is 0 Å². The van der Waals surface area contributed by atoms with Crippen molar-refractivity contribution in [2.45, 2.75) is 39.0 Å². The number of hydrogen-bond acceptors (Lipinski definition) is 4. The Morgan fingerprint density at radius 3 is 2.29 bits per heavy atom. The van der Waals surface area contributed by atoms with Crippen molar-refractivity contribution < 1.29 is 23.5 Å². The minimum atomic E-state index is -0.380. The van der Waals surface area contributed by atoms with E-state index < -0.39 is 0 Å². The first-order valence-electron chi connectivity index (χ1n) is 7.18. The Morgan fingerprint density at radius 2 is 1.67 bits per heavy atom. The van der Waals surface area contributed by atoms with Gasteiger partial charge < -0.3 is 9.47 Å². The molecule has 1 rings (SSSR count). The highest BCUT2D eigenvalue weighted by molar-refractivity contribution is 5.72. The predicted molar refractivity (Wildman–Crippen MR) is 76.2 cm³/mol. The maximum absolute atomic E-state index is 13.3. The van der Waals surface area contributed by atoms with Gasteiger partial charge in [0, 0.05) is 19.3 Å². The molecule has 0 aromatic heterocycles. The smallest absolute Gasteiger partial charge is 0.305 e. The molecule has 21 heavy (non-hydrogen) atoms. The van der Waals surface area contributed by atoms with Crippen LogP contribution >= 0.6 is 0 Å². The molecule has 0 spiro atoms. The molecule has 0 saturated heterocycles. The number of benzene rings is 1. The summed E-state index contributed by atoms with van der Waals surface area (Å²) in [6.07, 6.45) is 1.91. The Hall–Kier alpha value is -1.91. The molecule has 0 bridgehead atoms. The van der Waals surface area contributed by atoms with Crippen molar-refractivity contribution in [3.63, 3.8) is 0 Å². The minimum absolute atomic E-state index is 0.139. The first-order valence-corrected chi connectivity index (χ1v) is 7.18. The zero-order valence-corrected chi connectivity index (χ0v) is 12.3. The van der Waals surface area contributed by atoms with Crippen molar-refractivity contribution in [2.24, 2.45) is 0 Å². The van der Waals surface area contributed by atoms with E-state index in [4.69, 9.17) is 9.47 Å². The van der Waals surface area contributed by atoms with Crippen LogP contribution in [0.2, 0.25) is 0 Å². The molecule has 116 valence electrons. The average Bonchev–Trinajstić information content (AvgIpc) is 2.47. The first kappa shape index (κ1) is 17.1. The Kier molecular flexibility index (Phi) is 8.09. The maximum atomic E-state index is 13.3. The number of carbonyl (C=O) groups excluding carboxylic acids is 2. The van der Waals surface area contributed by atoms with Crippen LogP contribution in [0.4, 0.5) is 4.39 Å². The molecule has 1 aromatic carbocycles. The summed E-state index contributed by atoms with van der Waals surface area (Å²) in [6, 6.07) is 6.39. The van der Waals surface area contributed by atoms with Crippen LogP contribution in [0, 0.1) is 5.82 Å². The van der Waals surface area contributed by atoms with Crippen molar-refractivity contribution in [3.05, 3.63) is 35.6 Å². The molecule has 0 fully saturated rings. The number of ether oxygens (including phenoxy) is 2. The van der Waals surface area contributed by atoms with Gasteiger partial charge in [-0.3, -0.25) is 9.59 Å². The zero-order chi connectivity index (χ0) is 15.5. The van der Waals surface area contributed by atoms with Gasteiger partial charge in [-0.1, -0.05) is 25.1 Å². The minimum Gasteiger partial charge on any atom is -0.466 e. The van der Waals surface area contributed by atoms with Gasteiger partial charge in [0.1, 0.15) is 5.82 Å². The standard InChI is InChI=1S/C16H21FO4/c1-2-11-20-15(18)8-5-9-16(19)21-12-10-13-6-3-4-7-14(13)17/h3-4,6-7H,2,5,8-12H2,1H3. The molecule has 0 aliphatic carbocycles. The van der Waals surface area contributed by atoms with E-state index in [-0.39, 0.29) is 37.2 Å². The number of halogens is 1. The van der Waals surface area contributed by atoms with Gasteiger partial charge in [0.05, 0.1) is 13.2 Å². The summed E-state index contributed by atoms with van der Waals surface area (Å²) in [5, 5.41) is 0. The van der Waals surface area contributed by atoms with E-state index >= 15 is 0 Å². The van der Waals surface area contributed by atoms with Gasteiger partial charge in [-0.25, -0.2) is 4.39 Å². The van der Waals surface area contributed by atoms with Gasteiger partial charge in [0.25, 0.3) is 0 Å². The highest BCUT2D eigenvalue weighted by Crippen LogP contribution is 2.07. The third kappa shape index (κ3) is 7.44. The molecule has 0 unspecified atom stereocenters. The molecule has 0 amide bonds. The highest BCUT2D eigenvalue weighted by atomic mass is 19.1. The average molecular weight is 296 g/mol. The summed E-state index contributed by atoms with van der Waals surface area (Å²) >= 11 is 0. The second-order valence-electron chi connectivity index (χ2n) is 4.64. The van der Waals surface area contributed by atoms with E-state index in [1.165, 1.54) is 6.07 Å². The van der Waals surface area contributed by atoms with Gasteiger partial charge in [0.15, 0.2) is 0 Å². The molecular formula is C16H21FO4. The summed E-state index contributed by atoms with van der Waals surface area (Å²) in [5.74, 6) is -0.974. The van der Waals surface area contributed by atoms with Gasteiger partial charge >= 0.3 is 11.9 Å². The van der Waals surface area contributed by atoms with Crippen molar-refractivity contribution in [3.8, 4) is 0 Å². The fraction of sp³-hybridized carbons (Fsp3) is 0.500. The Bertz CT molecular complexity index is 459. The van der Waals surface area contributed by atoms with Gasteiger partial charge in [-0.2, -0.15) is 0 Å². The highest BCUT2D eigenvalue weighted by Gasteiger charge is 2.08. The molecule has 0 aliphatic heterocycles. The largest absolute Gasteiger partial charge is 0.466 e. The molecule has 0 heterocycles. The molecule has 4 nitrogen and oxygen atoms in total. The molecule has 5 heteroatoms. The molecule has 1 aromatic rings. The number of rotatable bonds is 9. The monoisotopic (exact) mass is 296 g/mol. The Morgan fingerprint density at radius 1 is 1.05 bits per heavy atom. The Labute approximate surface area is 124 Å². The van der Waals surface area contributed by atoms with E-state index in [1.54, 1.807) is 18.2 Å². The zero-order valence-electron chi connectivity index (χ0n) is 12.3. The number of esters is 2. The van der Waals surface area contributed by atoms with E-state index in [0.29, 0.717) is 25.0 Å². The summed E-state index contributed by atoms with van der Waals surface area (Å²) in [6.45, 7) is 2.46. The maximum Gasteiger partial charge on any atom is 0.305 e. The van der Waals surface area contributed by atoms with Gasteiger partial charge in [0.2, 0.25) is 0 Å². The lowest BCUT2D eigenvalue weighted by Crippen LogP contribution is -2.10. The lowest BCUT2D eigenvalue weighted by Gasteiger charge is -2.06. The summed E-state index contributed by atoms with van der Waals surface area (Å²) in [7, 11) is 0. The van der Waals surface area contributed by atoms with Gasteiger partial charge in [-0.05, 0) is 24.5 Å². The fourth-order valence-corrected chi connectivity index (χ4v) is 1.71. The van der Waals surface area contributed by atoms with Crippen LogP contribution in [0.1, 0.15) is 38.2 Å². The van der Waals surface area contributed by atoms with Crippen LogP contribution in [0.3, 0.4) is 0 Å². The lowest BCUT2D eigenvalue weighted by molar-refractivity contribution is -0.145. The van der Waals surface area contributed by atoms with Gasteiger partial charge in [-0.15, -0.1) is 0 Å². The van der Waals surface area contributed by atoms with Crippen molar-refractivity contribution >= 4 is 11.9 Å².